The van der Waals surface area contributed by atoms with Crippen molar-refractivity contribution in [2.75, 3.05) is 7.05 Å². The molecular formula is C18H17NO3S. The van der Waals surface area contributed by atoms with E-state index >= 15 is 0 Å². The fraction of sp³-hybridized carbons (Fsp3) is 0.222. The number of likely N-dealkylation sites (tertiary alicyclic amines) is 1. The van der Waals surface area contributed by atoms with E-state index in [-0.39, 0.29) is 18.2 Å². The summed E-state index contributed by atoms with van der Waals surface area (Å²) in [5.41, 5.74) is 1.76. The lowest BCUT2D eigenvalue weighted by Crippen LogP contribution is -2.31. The number of carbonyl (C=O) groups excluding carboxylic acids is 2. The Bertz CT molecular complexity index is 706. The van der Waals surface area contributed by atoms with Crippen LogP contribution in [0.15, 0.2) is 60.7 Å². The number of imide groups is 1. The molecule has 2 unspecified atom stereocenters. The summed E-state index contributed by atoms with van der Waals surface area (Å²) in [5.74, 6) is -0.626. The van der Waals surface area contributed by atoms with Crippen molar-refractivity contribution >= 4 is 22.6 Å². The molecule has 2 aromatic carbocycles. The van der Waals surface area contributed by atoms with Crippen molar-refractivity contribution in [3.63, 3.8) is 0 Å². The largest absolute Gasteiger partial charge is 0.285 e. The van der Waals surface area contributed by atoms with E-state index in [9.17, 15) is 13.8 Å². The molecule has 1 aliphatic heterocycles. The van der Waals surface area contributed by atoms with Crippen LogP contribution in [0.3, 0.4) is 0 Å². The maximum Gasteiger partial charge on any atom is 0.245 e. The summed E-state index contributed by atoms with van der Waals surface area (Å²) in [4.78, 5) is 25.1. The summed E-state index contributed by atoms with van der Waals surface area (Å²) < 4.78 is 13.2. The Morgan fingerprint density at radius 3 is 1.83 bits per heavy atom. The zero-order chi connectivity index (χ0) is 16.4. The van der Waals surface area contributed by atoms with E-state index < -0.39 is 21.3 Å². The first-order valence-electron chi connectivity index (χ1n) is 7.39. The number of hydrogen-bond acceptors (Lipinski definition) is 3. The second-order valence-electron chi connectivity index (χ2n) is 5.51. The lowest BCUT2D eigenvalue weighted by Gasteiger charge is -2.20. The minimum atomic E-state index is -1.52. The van der Waals surface area contributed by atoms with Gasteiger partial charge in [-0.3, -0.25) is 18.7 Å². The fourth-order valence-electron chi connectivity index (χ4n) is 2.78. The van der Waals surface area contributed by atoms with Crippen LogP contribution in [0, 0.1) is 0 Å². The number of hydrogen-bond donors (Lipinski definition) is 0. The molecule has 0 N–H and O–H groups in total. The Labute approximate surface area is 137 Å². The van der Waals surface area contributed by atoms with Gasteiger partial charge >= 0.3 is 0 Å². The molecule has 0 saturated carbocycles. The van der Waals surface area contributed by atoms with E-state index in [0.717, 1.165) is 16.0 Å². The van der Waals surface area contributed by atoms with Crippen LogP contribution < -0.4 is 0 Å². The summed E-state index contributed by atoms with van der Waals surface area (Å²) in [7, 11) is -0.0723. The van der Waals surface area contributed by atoms with E-state index in [4.69, 9.17) is 0 Å². The fourth-order valence-corrected chi connectivity index (χ4v) is 4.63. The van der Waals surface area contributed by atoms with Crippen LogP contribution in [-0.2, 0) is 20.4 Å². The number of benzene rings is 2. The summed E-state index contributed by atoms with van der Waals surface area (Å²) in [6.07, 6.45) is 0.0120. The smallest absolute Gasteiger partial charge is 0.245 e. The van der Waals surface area contributed by atoms with E-state index in [1.165, 1.54) is 7.05 Å². The Balaban J connectivity index is 2.01. The van der Waals surface area contributed by atoms with Crippen LogP contribution in [0.2, 0.25) is 0 Å². The monoisotopic (exact) mass is 327 g/mol. The number of amides is 2. The van der Waals surface area contributed by atoms with Crippen LogP contribution >= 0.6 is 0 Å². The molecule has 2 atom stereocenters. The zero-order valence-corrected chi connectivity index (χ0v) is 13.5. The summed E-state index contributed by atoms with van der Waals surface area (Å²) in [5, 5.41) is -1.21. The van der Waals surface area contributed by atoms with Gasteiger partial charge in [0.15, 0.2) is 0 Å². The van der Waals surface area contributed by atoms with Crippen molar-refractivity contribution in [1.82, 2.24) is 4.90 Å². The third-order valence-corrected chi connectivity index (χ3v) is 6.00. The molecule has 5 heteroatoms. The van der Waals surface area contributed by atoms with Crippen LogP contribution in [0.5, 0.6) is 0 Å². The van der Waals surface area contributed by atoms with Gasteiger partial charge < -0.3 is 0 Å². The van der Waals surface area contributed by atoms with Crippen molar-refractivity contribution in [2.45, 2.75) is 16.9 Å². The van der Waals surface area contributed by atoms with Crippen molar-refractivity contribution < 1.29 is 13.8 Å². The third-order valence-electron chi connectivity index (χ3n) is 4.06. The molecule has 1 heterocycles. The van der Waals surface area contributed by atoms with Gasteiger partial charge in [-0.2, -0.15) is 0 Å². The molecule has 23 heavy (non-hydrogen) atoms. The molecule has 0 aromatic heterocycles. The number of carbonyl (C=O) groups is 2. The van der Waals surface area contributed by atoms with Gasteiger partial charge in [-0.25, -0.2) is 0 Å². The first-order chi connectivity index (χ1) is 11.1. The molecule has 0 radical (unpaired) electrons. The third kappa shape index (κ3) is 2.97. The van der Waals surface area contributed by atoms with Crippen LogP contribution in [0.4, 0.5) is 0 Å². The van der Waals surface area contributed by atoms with Gasteiger partial charge in [-0.15, -0.1) is 0 Å². The molecule has 1 saturated heterocycles. The predicted molar refractivity (Wildman–Crippen MR) is 89.1 cm³/mol. The second kappa shape index (κ2) is 6.46. The molecule has 2 amide bonds. The lowest BCUT2D eigenvalue weighted by atomic mass is 10.0. The Morgan fingerprint density at radius 1 is 0.957 bits per heavy atom. The second-order valence-corrected chi connectivity index (χ2v) is 7.21. The summed E-state index contributed by atoms with van der Waals surface area (Å²) in [6.45, 7) is 0. The normalized spacial score (nSPS) is 19.4. The number of nitrogens with zero attached hydrogens (tertiary/aromatic N) is 1. The Kier molecular flexibility index (Phi) is 4.39. The molecule has 3 rings (SSSR count). The van der Waals surface area contributed by atoms with E-state index in [1.807, 2.05) is 60.7 Å². The lowest BCUT2D eigenvalue weighted by molar-refractivity contribution is -0.136. The predicted octanol–water partition coefficient (Wildman–Crippen LogP) is 2.28. The zero-order valence-electron chi connectivity index (χ0n) is 12.7. The minimum Gasteiger partial charge on any atom is -0.285 e. The average molecular weight is 327 g/mol. The van der Waals surface area contributed by atoms with Gasteiger partial charge in [0.2, 0.25) is 11.8 Å². The molecule has 1 fully saturated rings. The maximum absolute atomic E-state index is 13.2. The van der Waals surface area contributed by atoms with Gasteiger partial charge in [0, 0.05) is 17.8 Å². The van der Waals surface area contributed by atoms with Crippen LogP contribution in [0.25, 0.3) is 0 Å². The standard InChI is InChI=1S/C18H17NO3S/c1-19-16(20)12-15(18(19)21)23(22)17(13-8-4-2-5-9-13)14-10-6-3-7-11-14/h2-11,15,17H,12H2,1H3. The first kappa shape index (κ1) is 15.6. The maximum atomic E-state index is 13.2. The topological polar surface area (TPSA) is 54.5 Å². The van der Waals surface area contributed by atoms with Crippen molar-refractivity contribution in [2.24, 2.45) is 0 Å². The van der Waals surface area contributed by atoms with E-state index in [1.54, 1.807) is 0 Å². The minimum absolute atomic E-state index is 0.0120. The Morgan fingerprint density at radius 2 is 1.43 bits per heavy atom. The quantitative estimate of drug-likeness (QED) is 0.810. The molecule has 1 aliphatic rings. The first-order valence-corrected chi connectivity index (χ1v) is 8.67. The number of rotatable bonds is 4. The molecular weight excluding hydrogens is 310 g/mol. The molecule has 0 spiro atoms. The van der Waals surface area contributed by atoms with E-state index in [2.05, 4.69) is 0 Å². The van der Waals surface area contributed by atoms with Crippen LogP contribution in [-0.4, -0.2) is 33.2 Å². The highest BCUT2D eigenvalue weighted by atomic mass is 32.2. The highest BCUT2D eigenvalue weighted by molar-refractivity contribution is 7.87. The highest BCUT2D eigenvalue weighted by Crippen LogP contribution is 2.33. The van der Waals surface area contributed by atoms with Gasteiger partial charge in [-0.05, 0) is 11.1 Å². The molecule has 4 nitrogen and oxygen atoms in total. The van der Waals surface area contributed by atoms with Gasteiger partial charge in [0.05, 0.1) is 11.7 Å². The van der Waals surface area contributed by atoms with Gasteiger partial charge in [0.1, 0.15) is 5.25 Å². The molecule has 2 aromatic rings. The van der Waals surface area contributed by atoms with Crippen LogP contribution in [0.1, 0.15) is 22.8 Å². The summed E-state index contributed by atoms with van der Waals surface area (Å²) >= 11 is 0. The van der Waals surface area contributed by atoms with Crippen molar-refractivity contribution in [3.8, 4) is 0 Å². The van der Waals surface area contributed by atoms with Crippen molar-refractivity contribution in [1.29, 1.82) is 0 Å². The van der Waals surface area contributed by atoms with Gasteiger partial charge in [0.25, 0.3) is 0 Å². The van der Waals surface area contributed by atoms with Gasteiger partial charge in [-0.1, -0.05) is 60.7 Å². The molecule has 0 bridgehead atoms. The molecule has 118 valence electrons. The van der Waals surface area contributed by atoms with E-state index in [0.29, 0.717) is 0 Å². The summed E-state index contributed by atoms with van der Waals surface area (Å²) in [6, 6.07) is 18.9. The highest BCUT2D eigenvalue weighted by Gasteiger charge is 2.42. The SMILES string of the molecule is CN1C(=O)CC(S(=O)C(c2ccccc2)c2ccccc2)C1=O. The Hall–Kier alpha value is -2.27. The molecule has 0 aliphatic carbocycles. The average Bonchev–Trinajstić information content (AvgIpc) is 2.84. The van der Waals surface area contributed by atoms with Crippen molar-refractivity contribution in [3.05, 3.63) is 71.8 Å².